The molecule has 40 heavy (non-hydrogen) atoms. The summed E-state index contributed by atoms with van der Waals surface area (Å²) in [5, 5.41) is 22.5. The number of piperazine rings is 1. The van der Waals surface area contributed by atoms with Crippen molar-refractivity contribution < 1.29 is 14.7 Å². The van der Waals surface area contributed by atoms with Crippen LogP contribution in [0.4, 0.5) is 0 Å². The van der Waals surface area contributed by atoms with Gasteiger partial charge in [-0.05, 0) is 52.8 Å². The van der Waals surface area contributed by atoms with Crippen LogP contribution in [0, 0.1) is 6.92 Å². The molecule has 0 aliphatic carbocycles. The first-order valence-corrected chi connectivity index (χ1v) is 14.0. The fourth-order valence-corrected chi connectivity index (χ4v) is 5.42. The second-order valence-electron chi connectivity index (χ2n) is 11.1. The molecular formula is C31H32BrN5O3. The van der Waals surface area contributed by atoms with Crippen molar-refractivity contribution in [3.8, 4) is 5.69 Å². The average Bonchev–Trinajstić information content (AvgIpc) is 3.43. The number of aliphatic hydroxyl groups is 1. The molecule has 1 aliphatic heterocycles. The maximum Gasteiger partial charge on any atom is 0.257 e. The third kappa shape index (κ3) is 5.44. The van der Waals surface area contributed by atoms with Gasteiger partial charge in [0.15, 0.2) is 0 Å². The predicted octanol–water partition coefficient (Wildman–Crippen LogP) is 5.03. The number of nitrogens with one attached hydrogen (secondary N) is 1. The first kappa shape index (κ1) is 27.7. The molecule has 206 valence electrons. The average molecular weight is 603 g/mol. The number of aliphatic hydroxyl groups excluding tert-OH is 1. The van der Waals surface area contributed by atoms with Crippen LogP contribution in [-0.4, -0.2) is 49.9 Å². The van der Waals surface area contributed by atoms with E-state index < -0.39 is 12.1 Å². The summed E-state index contributed by atoms with van der Waals surface area (Å²) < 4.78 is 2.27. The van der Waals surface area contributed by atoms with Gasteiger partial charge in [-0.2, -0.15) is 0 Å². The van der Waals surface area contributed by atoms with Gasteiger partial charge in [-0.3, -0.25) is 9.59 Å². The Morgan fingerprint density at radius 2 is 1.82 bits per heavy atom. The first-order valence-electron chi connectivity index (χ1n) is 13.2. The van der Waals surface area contributed by atoms with Gasteiger partial charge in [0.2, 0.25) is 5.91 Å². The second-order valence-corrected chi connectivity index (χ2v) is 12.0. The van der Waals surface area contributed by atoms with Gasteiger partial charge in [-0.1, -0.05) is 90.4 Å². The van der Waals surface area contributed by atoms with Gasteiger partial charge < -0.3 is 15.3 Å². The van der Waals surface area contributed by atoms with Crippen molar-refractivity contribution >= 4 is 27.7 Å². The van der Waals surface area contributed by atoms with Crippen molar-refractivity contribution in [3.63, 3.8) is 0 Å². The molecule has 8 nitrogen and oxygen atoms in total. The van der Waals surface area contributed by atoms with Crippen molar-refractivity contribution in [1.82, 2.24) is 25.2 Å². The summed E-state index contributed by atoms with van der Waals surface area (Å²) in [5.41, 5.74) is 4.80. The Balaban J connectivity index is 1.48. The van der Waals surface area contributed by atoms with Crippen LogP contribution in [-0.2, 0) is 10.2 Å². The fourth-order valence-electron chi connectivity index (χ4n) is 4.91. The summed E-state index contributed by atoms with van der Waals surface area (Å²) >= 11 is 3.54. The standard InChI is InChI=1S/C31H32BrN5O3/c1-19-9-14-23(30(40)36-16-15-33-29(39)27(36)22-7-5-6-8-24(22)32)26(17-19)37-18-25(34-35-37)28(38)20-10-12-21(13-11-20)31(2,3)4/h5-14,17-18,27-28,38H,15-16H2,1-4H3,(H,33,39). The molecule has 0 saturated carbocycles. The van der Waals surface area contributed by atoms with Crippen molar-refractivity contribution in [3.05, 3.63) is 111 Å². The summed E-state index contributed by atoms with van der Waals surface area (Å²) in [7, 11) is 0. The van der Waals surface area contributed by atoms with E-state index >= 15 is 0 Å². The lowest BCUT2D eigenvalue weighted by molar-refractivity contribution is -0.128. The van der Waals surface area contributed by atoms with Crippen molar-refractivity contribution in [1.29, 1.82) is 0 Å². The topological polar surface area (TPSA) is 100 Å². The van der Waals surface area contributed by atoms with E-state index in [1.165, 1.54) is 10.2 Å². The van der Waals surface area contributed by atoms with Crippen LogP contribution in [0.1, 0.15) is 71.2 Å². The molecular weight excluding hydrogens is 570 g/mol. The van der Waals surface area contributed by atoms with Gasteiger partial charge in [0.25, 0.3) is 5.91 Å². The molecule has 1 aliphatic rings. The molecule has 3 aromatic carbocycles. The number of benzene rings is 3. The van der Waals surface area contributed by atoms with Crippen LogP contribution in [0.3, 0.4) is 0 Å². The Bertz CT molecular complexity index is 1560. The number of carbonyl (C=O) groups is 2. The van der Waals surface area contributed by atoms with E-state index in [2.05, 4.69) is 52.3 Å². The molecule has 1 saturated heterocycles. The fraction of sp³-hybridized carbons (Fsp3) is 0.290. The SMILES string of the molecule is Cc1ccc(C(=O)N2CCNC(=O)C2c2ccccc2Br)c(-n2cc(C(O)c3ccc(C(C)(C)C)cc3)nn2)c1. The molecule has 2 N–H and O–H groups in total. The molecule has 2 amide bonds. The van der Waals surface area contributed by atoms with Gasteiger partial charge >= 0.3 is 0 Å². The van der Waals surface area contributed by atoms with E-state index in [4.69, 9.17) is 0 Å². The zero-order chi connectivity index (χ0) is 28.6. The Kier molecular flexibility index (Phi) is 7.61. The van der Waals surface area contributed by atoms with Crippen LogP contribution in [0.2, 0.25) is 0 Å². The van der Waals surface area contributed by atoms with Gasteiger partial charge in [0, 0.05) is 17.6 Å². The Morgan fingerprint density at radius 3 is 2.52 bits per heavy atom. The lowest BCUT2D eigenvalue weighted by atomic mass is 9.86. The molecule has 0 bridgehead atoms. The van der Waals surface area contributed by atoms with Crippen molar-refractivity contribution in [2.24, 2.45) is 0 Å². The van der Waals surface area contributed by atoms with Crippen LogP contribution in [0.5, 0.6) is 0 Å². The van der Waals surface area contributed by atoms with Gasteiger partial charge in [-0.25, -0.2) is 4.68 Å². The zero-order valence-electron chi connectivity index (χ0n) is 22.9. The minimum atomic E-state index is -0.975. The molecule has 2 heterocycles. The molecule has 9 heteroatoms. The van der Waals surface area contributed by atoms with Gasteiger partial charge in [0.1, 0.15) is 17.8 Å². The number of carbonyl (C=O) groups excluding carboxylic acids is 2. The van der Waals surface area contributed by atoms with E-state index in [-0.39, 0.29) is 17.2 Å². The Hall–Kier alpha value is -3.82. The number of amides is 2. The molecule has 1 fully saturated rings. The highest BCUT2D eigenvalue weighted by Gasteiger charge is 2.36. The van der Waals surface area contributed by atoms with Crippen molar-refractivity contribution in [2.75, 3.05) is 13.1 Å². The normalized spacial score (nSPS) is 16.5. The van der Waals surface area contributed by atoms with Crippen LogP contribution in [0.25, 0.3) is 5.69 Å². The number of halogens is 1. The van der Waals surface area contributed by atoms with E-state index in [9.17, 15) is 14.7 Å². The highest BCUT2D eigenvalue weighted by molar-refractivity contribution is 9.10. The summed E-state index contributed by atoms with van der Waals surface area (Å²) in [6, 6.07) is 19.9. The van der Waals surface area contributed by atoms with Gasteiger partial charge in [0.05, 0.1) is 17.4 Å². The number of aryl methyl sites for hydroxylation is 1. The smallest absolute Gasteiger partial charge is 0.257 e. The van der Waals surface area contributed by atoms with E-state index in [0.29, 0.717) is 41.2 Å². The maximum absolute atomic E-state index is 14.0. The monoisotopic (exact) mass is 601 g/mol. The summed E-state index contributed by atoms with van der Waals surface area (Å²) in [5.74, 6) is -0.523. The van der Waals surface area contributed by atoms with Crippen LogP contribution < -0.4 is 5.32 Å². The first-order chi connectivity index (χ1) is 19.0. The molecule has 5 rings (SSSR count). The third-order valence-electron chi connectivity index (χ3n) is 7.19. The maximum atomic E-state index is 14.0. The van der Waals surface area contributed by atoms with E-state index in [1.807, 2.05) is 67.6 Å². The Morgan fingerprint density at radius 1 is 1.10 bits per heavy atom. The minimum Gasteiger partial charge on any atom is -0.382 e. The molecule has 2 unspecified atom stereocenters. The minimum absolute atomic E-state index is 0.00531. The molecule has 2 atom stereocenters. The number of hydrogen-bond donors (Lipinski definition) is 2. The van der Waals surface area contributed by atoms with Gasteiger partial charge in [-0.15, -0.1) is 5.10 Å². The molecule has 0 spiro atoms. The number of rotatable bonds is 5. The number of hydrogen-bond acceptors (Lipinski definition) is 5. The van der Waals surface area contributed by atoms with E-state index in [1.54, 1.807) is 17.2 Å². The number of nitrogens with zero attached hydrogens (tertiary/aromatic N) is 4. The molecule has 0 radical (unpaired) electrons. The van der Waals surface area contributed by atoms with Crippen LogP contribution >= 0.6 is 15.9 Å². The highest BCUT2D eigenvalue weighted by Crippen LogP contribution is 2.32. The van der Waals surface area contributed by atoms with E-state index in [0.717, 1.165) is 10.0 Å². The lowest BCUT2D eigenvalue weighted by Crippen LogP contribution is -2.52. The third-order valence-corrected chi connectivity index (χ3v) is 7.91. The van der Waals surface area contributed by atoms with Crippen molar-refractivity contribution in [2.45, 2.75) is 45.3 Å². The molecule has 1 aromatic heterocycles. The predicted molar refractivity (Wildman–Crippen MR) is 156 cm³/mol. The second kappa shape index (κ2) is 11.0. The highest BCUT2D eigenvalue weighted by atomic mass is 79.9. The molecule has 4 aromatic rings. The summed E-state index contributed by atoms with van der Waals surface area (Å²) in [6.07, 6.45) is 0.666. The summed E-state index contributed by atoms with van der Waals surface area (Å²) in [6.45, 7) is 9.07. The number of aromatic nitrogens is 3. The zero-order valence-corrected chi connectivity index (χ0v) is 24.5. The lowest BCUT2D eigenvalue weighted by Gasteiger charge is -2.36. The van der Waals surface area contributed by atoms with Crippen LogP contribution in [0.15, 0.2) is 77.4 Å². The summed E-state index contributed by atoms with van der Waals surface area (Å²) in [4.78, 5) is 28.6. The quantitative estimate of drug-likeness (QED) is 0.334. The Labute approximate surface area is 242 Å². The largest absolute Gasteiger partial charge is 0.382 e.